The summed E-state index contributed by atoms with van der Waals surface area (Å²) in [5.74, 6) is 0. The molecule has 0 atom stereocenters. The first-order valence-corrected chi connectivity index (χ1v) is 8.37. The fourth-order valence-electron chi connectivity index (χ4n) is 2.43. The molecule has 0 aliphatic heterocycles. The van der Waals surface area contributed by atoms with Crippen LogP contribution in [0, 0.1) is 0 Å². The molecule has 2 aromatic carbocycles. The van der Waals surface area contributed by atoms with Gasteiger partial charge in [-0.1, -0.05) is 29.3 Å². The van der Waals surface area contributed by atoms with Gasteiger partial charge in [-0.2, -0.15) is 0 Å². The molecule has 0 spiro atoms. The quantitative estimate of drug-likeness (QED) is 0.435. The normalized spacial score (nSPS) is 10.2. The number of rotatable bonds is 2. The van der Waals surface area contributed by atoms with E-state index in [1.807, 2.05) is 18.2 Å². The van der Waals surface area contributed by atoms with Crippen LogP contribution in [0.5, 0.6) is 0 Å². The van der Waals surface area contributed by atoms with Gasteiger partial charge in [-0.25, -0.2) is 0 Å². The summed E-state index contributed by atoms with van der Waals surface area (Å²) in [6, 6.07) is 14.2. The van der Waals surface area contributed by atoms with Crippen LogP contribution in [0.3, 0.4) is 0 Å². The van der Waals surface area contributed by atoms with E-state index in [9.17, 15) is 9.59 Å². The Morgan fingerprint density at radius 1 is 0.769 bits per heavy atom. The second kappa shape index (κ2) is 8.04. The number of fused-ring (bicyclic) bond motifs is 2. The molecule has 2 aromatic heterocycles. The average Bonchev–Trinajstić information content (AvgIpc) is 2.68. The van der Waals surface area contributed by atoms with Crippen molar-refractivity contribution < 1.29 is 9.59 Å². The first kappa shape index (κ1) is 18.0. The number of hydrogen-bond acceptors (Lipinski definition) is 4. The number of benzene rings is 2. The van der Waals surface area contributed by atoms with Crippen molar-refractivity contribution in [1.29, 1.82) is 0 Å². The highest BCUT2D eigenvalue weighted by Crippen LogP contribution is 2.24. The zero-order valence-corrected chi connectivity index (χ0v) is 14.9. The van der Waals surface area contributed by atoms with Crippen molar-refractivity contribution in [2.24, 2.45) is 0 Å². The van der Waals surface area contributed by atoms with Crippen LogP contribution in [0.1, 0.15) is 20.7 Å². The van der Waals surface area contributed by atoms with Crippen molar-refractivity contribution in [2.75, 3.05) is 0 Å². The first-order valence-electron chi connectivity index (χ1n) is 7.62. The second-order valence-electron chi connectivity index (χ2n) is 5.34. The van der Waals surface area contributed by atoms with Gasteiger partial charge in [0, 0.05) is 34.3 Å². The van der Waals surface area contributed by atoms with Gasteiger partial charge in [0.15, 0.2) is 12.6 Å². The predicted octanol–water partition coefficient (Wildman–Crippen LogP) is 5.40. The summed E-state index contributed by atoms with van der Waals surface area (Å²) in [7, 11) is 0. The van der Waals surface area contributed by atoms with Crippen LogP contribution in [0.25, 0.3) is 21.8 Å². The summed E-state index contributed by atoms with van der Waals surface area (Å²) < 4.78 is 0. The molecular formula is C20H12Cl2N2O2. The molecule has 2 heterocycles. The number of halogens is 2. The lowest BCUT2D eigenvalue weighted by atomic mass is 10.1. The van der Waals surface area contributed by atoms with Crippen molar-refractivity contribution in [3.8, 4) is 0 Å². The minimum Gasteiger partial charge on any atom is -0.298 e. The zero-order chi connectivity index (χ0) is 18.5. The molecular weight excluding hydrogens is 371 g/mol. The Morgan fingerprint density at radius 2 is 1.46 bits per heavy atom. The van der Waals surface area contributed by atoms with E-state index in [4.69, 9.17) is 23.2 Å². The lowest BCUT2D eigenvalue weighted by Gasteiger charge is -2.00. The molecule has 128 valence electrons. The summed E-state index contributed by atoms with van der Waals surface area (Å²) in [5, 5.41) is 2.66. The van der Waals surface area contributed by atoms with Crippen molar-refractivity contribution in [3.05, 3.63) is 82.1 Å². The molecule has 0 aliphatic rings. The number of aromatic nitrogens is 2. The molecule has 0 fully saturated rings. The summed E-state index contributed by atoms with van der Waals surface area (Å²) in [5.41, 5.74) is 2.61. The Hall–Kier alpha value is -2.82. The third kappa shape index (κ3) is 3.72. The zero-order valence-electron chi connectivity index (χ0n) is 13.4. The van der Waals surface area contributed by atoms with E-state index < -0.39 is 0 Å². The second-order valence-corrected chi connectivity index (χ2v) is 6.13. The largest absolute Gasteiger partial charge is 0.298 e. The Morgan fingerprint density at radius 3 is 2.19 bits per heavy atom. The molecule has 0 bridgehead atoms. The average molecular weight is 383 g/mol. The lowest BCUT2D eigenvalue weighted by Crippen LogP contribution is -1.85. The van der Waals surface area contributed by atoms with Gasteiger partial charge in [-0.05, 0) is 42.5 Å². The van der Waals surface area contributed by atoms with Crippen LogP contribution < -0.4 is 0 Å². The van der Waals surface area contributed by atoms with Crippen molar-refractivity contribution >= 4 is 57.6 Å². The Labute approximate surface area is 159 Å². The maximum absolute atomic E-state index is 10.6. The smallest absolute Gasteiger partial charge is 0.151 e. The monoisotopic (exact) mass is 382 g/mol. The number of nitrogens with zero attached hydrogens (tertiary/aromatic N) is 2. The van der Waals surface area contributed by atoms with E-state index in [0.29, 0.717) is 21.2 Å². The molecule has 4 nitrogen and oxygen atoms in total. The van der Waals surface area contributed by atoms with Gasteiger partial charge >= 0.3 is 0 Å². The maximum Gasteiger partial charge on any atom is 0.151 e. The fraction of sp³-hybridized carbons (Fsp3) is 0. The number of aldehydes is 2. The van der Waals surface area contributed by atoms with Gasteiger partial charge in [-0.15, -0.1) is 0 Å². The predicted molar refractivity (Wildman–Crippen MR) is 104 cm³/mol. The maximum atomic E-state index is 10.6. The molecule has 4 aromatic rings. The third-order valence-corrected chi connectivity index (χ3v) is 4.47. The van der Waals surface area contributed by atoms with Crippen LogP contribution in [-0.4, -0.2) is 22.5 Å². The third-order valence-electron chi connectivity index (χ3n) is 3.72. The summed E-state index contributed by atoms with van der Waals surface area (Å²) >= 11 is 11.8. The van der Waals surface area contributed by atoms with Crippen molar-refractivity contribution in [3.63, 3.8) is 0 Å². The molecule has 0 radical (unpaired) electrons. The van der Waals surface area contributed by atoms with Crippen LogP contribution in [0.4, 0.5) is 0 Å². The number of pyridine rings is 2. The topological polar surface area (TPSA) is 59.9 Å². The van der Waals surface area contributed by atoms with E-state index >= 15 is 0 Å². The minimum absolute atomic E-state index is 0.446. The molecule has 0 aliphatic carbocycles. The summed E-state index contributed by atoms with van der Waals surface area (Å²) in [6.07, 6.45) is 4.88. The van der Waals surface area contributed by atoms with Gasteiger partial charge in [0.05, 0.1) is 21.1 Å². The minimum atomic E-state index is 0.446. The van der Waals surface area contributed by atoms with E-state index in [1.165, 1.54) is 0 Å². The van der Waals surface area contributed by atoms with Crippen molar-refractivity contribution in [1.82, 2.24) is 9.97 Å². The molecule has 6 heteroatoms. The molecule has 4 rings (SSSR count). The molecule has 26 heavy (non-hydrogen) atoms. The first-order chi connectivity index (χ1) is 12.6. The van der Waals surface area contributed by atoms with Gasteiger partial charge in [0.2, 0.25) is 0 Å². The highest BCUT2D eigenvalue weighted by Gasteiger charge is 2.04. The van der Waals surface area contributed by atoms with E-state index in [1.54, 1.807) is 42.7 Å². The molecule has 0 amide bonds. The van der Waals surface area contributed by atoms with E-state index in [-0.39, 0.29) is 0 Å². The molecule has 0 saturated carbocycles. The molecule has 0 N–H and O–H groups in total. The Kier molecular flexibility index (Phi) is 5.56. The van der Waals surface area contributed by atoms with Crippen molar-refractivity contribution in [2.45, 2.75) is 0 Å². The highest BCUT2D eigenvalue weighted by molar-refractivity contribution is 6.37. The van der Waals surface area contributed by atoms with Crippen LogP contribution in [-0.2, 0) is 0 Å². The van der Waals surface area contributed by atoms with Crippen LogP contribution in [0.2, 0.25) is 10.0 Å². The summed E-state index contributed by atoms with van der Waals surface area (Å²) in [4.78, 5) is 29.4. The SMILES string of the molecule is O=Cc1cc2cccnc2cc1Cl.O=Cc1ccc2ncccc2c1Cl. The standard InChI is InChI=1S/2C10H6ClNO/c11-10-7(6-13)3-4-9-8(10)2-1-5-12-9;11-9-5-10-7(2-1-3-12-10)4-8(9)6-13/h2*1-6H. The van der Waals surface area contributed by atoms with Gasteiger partial charge in [0.25, 0.3) is 0 Å². The lowest BCUT2D eigenvalue weighted by molar-refractivity contribution is 0.111. The van der Waals surface area contributed by atoms with E-state index in [0.717, 1.165) is 34.4 Å². The van der Waals surface area contributed by atoms with E-state index in [2.05, 4.69) is 9.97 Å². The van der Waals surface area contributed by atoms with Crippen LogP contribution >= 0.6 is 23.2 Å². The highest BCUT2D eigenvalue weighted by atomic mass is 35.5. The Bertz CT molecular complexity index is 1100. The van der Waals surface area contributed by atoms with Gasteiger partial charge in [0.1, 0.15) is 0 Å². The number of carbonyl (C=O) groups is 2. The van der Waals surface area contributed by atoms with Crippen LogP contribution in [0.15, 0.2) is 60.9 Å². The Balaban J connectivity index is 0.000000151. The summed E-state index contributed by atoms with van der Waals surface area (Å²) in [6.45, 7) is 0. The number of hydrogen-bond donors (Lipinski definition) is 0. The molecule has 0 saturated heterocycles. The van der Waals surface area contributed by atoms with Gasteiger partial charge < -0.3 is 0 Å². The molecule has 0 unspecified atom stereocenters. The number of carbonyl (C=O) groups excluding carboxylic acids is 2. The fourth-order valence-corrected chi connectivity index (χ4v) is 2.90. The van der Waals surface area contributed by atoms with Gasteiger partial charge in [-0.3, -0.25) is 19.6 Å².